The van der Waals surface area contributed by atoms with E-state index in [0.29, 0.717) is 30.8 Å². The van der Waals surface area contributed by atoms with E-state index < -0.39 is 0 Å². The van der Waals surface area contributed by atoms with E-state index in [1.165, 1.54) is 10.9 Å². The second-order valence-electron chi connectivity index (χ2n) is 5.79. The molecule has 0 saturated carbocycles. The molecule has 0 atom stereocenters. The van der Waals surface area contributed by atoms with E-state index in [1.807, 2.05) is 19.1 Å². The van der Waals surface area contributed by atoms with E-state index in [2.05, 4.69) is 15.6 Å². The minimum absolute atomic E-state index is 0.0249. The van der Waals surface area contributed by atoms with Crippen molar-refractivity contribution in [3.05, 3.63) is 40.4 Å². The first-order chi connectivity index (χ1) is 10.6. The van der Waals surface area contributed by atoms with Crippen LogP contribution < -0.4 is 16.2 Å². The fourth-order valence-corrected chi connectivity index (χ4v) is 2.56. The van der Waals surface area contributed by atoms with Gasteiger partial charge in [-0.2, -0.15) is 0 Å². The fourth-order valence-electron chi connectivity index (χ4n) is 2.56. The summed E-state index contributed by atoms with van der Waals surface area (Å²) in [5.41, 5.74) is 1.61. The molecule has 0 spiro atoms. The molecule has 116 valence electrons. The SMILES string of the molecule is Cc1cccc2c(=O)n(CCC(=O)NCC3CNC3)cnc12. The van der Waals surface area contributed by atoms with Crippen LogP contribution in [0.2, 0.25) is 0 Å². The van der Waals surface area contributed by atoms with Gasteiger partial charge < -0.3 is 10.6 Å². The first-order valence-corrected chi connectivity index (χ1v) is 7.57. The van der Waals surface area contributed by atoms with Crippen LogP contribution in [0, 0.1) is 12.8 Å². The zero-order chi connectivity index (χ0) is 15.5. The van der Waals surface area contributed by atoms with Crippen LogP contribution in [0.1, 0.15) is 12.0 Å². The predicted molar refractivity (Wildman–Crippen MR) is 84.7 cm³/mol. The summed E-state index contributed by atoms with van der Waals surface area (Å²) in [4.78, 5) is 28.6. The highest BCUT2D eigenvalue weighted by Crippen LogP contribution is 2.11. The maximum atomic E-state index is 12.4. The van der Waals surface area contributed by atoms with Crippen molar-refractivity contribution in [3.63, 3.8) is 0 Å². The molecule has 0 aliphatic carbocycles. The Kier molecular flexibility index (Phi) is 4.20. The summed E-state index contributed by atoms with van der Waals surface area (Å²) in [5, 5.41) is 6.67. The third-order valence-electron chi connectivity index (χ3n) is 4.09. The molecule has 2 N–H and O–H groups in total. The number of carbonyl (C=O) groups is 1. The van der Waals surface area contributed by atoms with Crippen LogP contribution in [0.4, 0.5) is 0 Å². The second kappa shape index (κ2) is 6.27. The molecular weight excluding hydrogens is 280 g/mol. The number of fused-ring (bicyclic) bond motifs is 1. The molecule has 1 aliphatic heterocycles. The Hall–Kier alpha value is -2.21. The minimum Gasteiger partial charge on any atom is -0.356 e. The Bertz CT molecular complexity index is 749. The number of hydrogen-bond acceptors (Lipinski definition) is 4. The molecule has 22 heavy (non-hydrogen) atoms. The number of hydrogen-bond donors (Lipinski definition) is 2. The molecule has 0 bridgehead atoms. The summed E-state index contributed by atoms with van der Waals surface area (Å²) in [6.45, 7) is 4.92. The highest BCUT2D eigenvalue weighted by molar-refractivity contribution is 5.80. The van der Waals surface area contributed by atoms with Crippen molar-refractivity contribution in [2.24, 2.45) is 5.92 Å². The largest absolute Gasteiger partial charge is 0.356 e. The first kappa shape index (κ1) is 14.7. The molecule has 2 aromatic rings. The summed E-state index contributed by atoms with van der Waals surface area (Å²) >= 11 is 0. The van der Waals surface area contributed by atoms with E-state index in [1.54, 1.807) is 6.07 Å². The van der Waals surface area contributed by atoms with Gasteiger partial charge in [0.15, 0.2) is 0 Å². The van der Waals surface area contributed by atoms with Crippen molar-refractivity contribution in [2.75, 3.05) is 19.6 Å². The number of rotatable bonds is 5. The number of nitrogens with one attached hydrogen (secondary N) is 2. The predicted octanol–water partition coefficient (Wildman–Crippen LogP) is 0.431. The van der Waals surface area contributed by atoms with Crippen molar-refractivity contribution in [2.45, 2.75) is 19.9 Å². The molecule has 1 fully saturated rings. The Labute approximate surface area is 128 Å². The zero-order valence-electron chi connectivity index (χ0n) is 12.6. The summed E-state index contributed by atoms with van der Waals surface area (Å²) < 4.78 is 1.51. The summed E-state index contributed by atoms with van der Waals surface area (Å²) in [6.07, 6.45) is 1.82. The van der Waals surface area contributed by atoms with Gasteiger partial charge >= 0.3 is 0 Å². The molecule has 6 heteroatoms. The molecular formula is C16H20N4O2. The maximum Gasteiger partial charge on any atom is 0.261 e. The van der Waals surface area contributed by atoms with Crippen molar-refractivity contribution in [1.29, 1.82) is 0 Å². The van der Waals surface area contributed by atoms with Crippen LogP contribution in [-0.4, -0.2) is 35.1 Å². The number of benzene rings is 1. The molecule has 0 unspecified atom stereocenters. The molecule has 1 amide bonds. The van der Waals surface area contributed by atoms with Gasteiger partial charge in [0.2, 0.25) is 5.91 Å². The highest BCUT2D eigenvalue weighted by Gasteiger charge is 2.17. The molecule has 1 aromatic heterocycles. The topological polar surface area (TPSA) is 76.0 Å². The summed E-state index contributed by atoms with van der Waals surface area (Å²) in [6, 6.07) is 5.56. The molecule has 1 saturated heterocycles. The van der Waals surface area contributed by atoms with Crippen LogP contribution in [0.5, 0.6) is 0 Å². The van der Waals surface area contributed by atoms with Gasteiger partial charge in [-0.3, -0.25) is 14.2 Å². The lowest BCUT2D eigenvalue weighted by atomic mass is 10.0. The van der Waals surface area contributed by atoms with Crippen molar-refractivity contribution >= 4 is 16.8 Å². The Morgan fingerprint density at radius 1 is 1.45 bits per heavy atom. The number of amides is 1. The minimum atomic E-state index is -0.0929. The van der Waals surface area contributed by atoms with Gasteiger partial charge in [0.05, 0.1) is 17.2 Å². The normalized spacial score (nSPS) is 14.8. The maximum absolute atomic E-state index is 12.4. The molecule has 1 aliphatic rings. The lowest BCUT2D eigenvalue weighted by Gasteiger charge is -2.27. The number of carbonyl (C=O) groups excluding carboxylic acids is 1. The number of aromatic nitrogens is 2. The van der Waals surface area contributed by atoms with Crippen LogP contribution in [0.25, 0.3) is 10.9 Å². The van der Waals surface area contributed by atoms with Gasteiger partial charge in [0, 0.05) is 38.5 Å². The average Bonchev–Trinajstić information content (AvgIpc) is 2.46. The Morgan fingerprint density at radius 3 is 3.00 bits per heavy atom. The molecule has 0 radical (unpaired) electrons. The summed E-state index contributed by atoms with van der Waals surface area (Å²) in [5.74, 6) is 0.514. The van der Waals surface area contributed by atoms with Gasteiger partial charge in [-0.05, 0) is 18.6 Å². The van der Waals surface area contributed by atoms with E-state index in [4.69, 9.17) is 0 Å². The van der Waals surface area contributed by atoms with E-state index in [-0.39, 0.29) is 11.5 Å². The van der Waals surface area contributed by atoms with Crippen LogP contribution in [0.15, 0.2) is 29.3 Å². The molecule has 3 rings (SSSR count). The molecule has 1 aromatic carbocycles. The lowest BCUT2D eigenvalue weighted by molar-refractivity contribution is -0.121. The van der Waals surface area contributed by atoms with E-state index in [9.17, 15) is 9.59 Å². The van der Waals surface area contributed by atoms with E-state index >= 15 is 0 Å². The third-order valence-corrected chi connectivity index (χ3v) is 4.09. The number of aryl methyl sites for hydroxylation is 2. The van der Waals surface area contributed by atoms with Crippen molar-refractivity contribution in [1.82, 2.24) is 20.2 Å². The van der Waals surface area contributed by atoms with Gasteiger partial charge in [-0.1, -0.05) is 12.1 Å². The fraction of sp³-hybridized carbons (Fsp3) is 0.438. The average molecular weight is 300 g/mol. The smallest absolute Gasteiger partial charge is 0.261 e. The first-order valence-electron chi connectivity index (χ1n) is 7.57. The van der Waals surface area contributed by atoms with Gasteiger partial charge in [-0.15, -0.1) is 0 Å². The van der Waals surface area contributed by atoms with Crippen molar-refractivity contribution < 1.29 is 4.79 Å². The second-order valence-corrected chi connectivity index (χ2v) is 5.79. The lowest BCUT2D eigenvalue weighted by Crippen LogP contribution is -2.48. The Morgan fingerprint density at radius 2 is 2.27 bits per heavy atom. The van der Waals surface area contributed by atoms with Crippen LogP contribution in [-0.2, 0) is 11.3 Å². The monoisotopic (exact) mass is 300 g/mol. The van der Waals surface area contributed by atoms with Gasteiger partial charge in [-0.25, -0.2) is 4.98 Å². The highest BCUT2D eigenvalue weighted by atomic mass is 16.1. The molecule has 2 heterocycles. The van der Waals surface area contributed by atoms with Crippen LogP contribution >= 0.6 is 0 Å². The number of nitrogens with zero attached hydrogens (tertiary/aromatic N) is 2. The quantitative estimate of drug-likeness (QED) is 0.839. The standard InChI is InChI=1S/C16H20N4O2/c1-11-3-2-4-13-15(11)19-10-20(16(13)22)6-5-14(21)18-9-12-7-17-8-12/h2-4,10,12,17H,5-9H2,1H3,(H,18,21). The van der Waals surface area contributed by atoms with E-state index in [0.717, 1.165) is 24.2 Å². The number of para-hydroxylation sites is 1. The van der Waals surface area contributed by atoms with Crippen LogP contribution in [0.3, 0.4) is 0 Å². The van der Waals surface area contributed by atoms with Crippen molar-refractivity contribution in [3.8, 4) is 0 Å². The van der Waals surface area contributed by atoms with Gasteiger partial charge in [0.25, 0.3) is 5.56 Å². The third kappa shape index (κ3) is 3.01. The van der Waals surface area contributed by atoms with Gasteiger partial charge in [0.1, 0.15) is 0 Å². The zero-order valence-corrected chi connectivity index (χ0v) is 12.6. The Balaban J connectivity index is 1.65. The molecule has 6 nitrogen and oxygen atoms in total. The summed E-state index contributed by atoms with van der Waals surface area (Å²) in [7, 11) is 0.